The highest BCUT2D eigenvalue weighted by Gasteiger charge is 2.12. The van der Waals surface area contributed by atoms with Crippen LogP contribution in [-0.2, 0) is 0 Å². The molecule has 0 fully saturated rings. The van der Waals surface area contributed by atoms with Gasteiger partial charge in [-0.2, -0.15) is 0 Å². The number of aliphatic hydroxyl groups excluding tert-OH is 2. The van der Waals surface area contributed by atoms with Crippen LogP contribution in [0.2, 0.25) is 0 Å². The fourth-order valence-corrected chi connectivity index (χ4v) is 1.49. The van der Waals surface area contributed by atoms with E-state index in [1.165, 1.54) is 0 Å². The highest BCUT2D eigenvalue weighted by atomic mass is 16.3. The van der Waals surface area contributed by atoms with Crippen molar-refractivity contribution in [1.29, 1.82) is 0 Å². The van der Waals surface area contributed by atoms with E-state index in [0.29, 0.717) is 0 Å². The minimum atomic E-state index is -0.531. The van der Waals surface area contributed by atoms with Crippen molar-refractivity contribution in [3.05, 3.63) is 36.5 Å². The van der Waals surface area contributed by atoms with Crippen molar-refractivity contribution in [2.75, 3.05) is 0 Å². The molecule has 0 saturated carbocycles. The summed E-state index contributed by atoms with van der Waals surface area (Å²) in [6.07, 6.45) is 11.8. The van der Waals surface area contributed by atoms with Crippen molar-refractivity contribution in [2.24, 2.45) is 5.92 Å². The van der Waals surface area contributed by atoms with E-state index < -0.39 is 6.10 Å². The normalized spacial score (nSPS) is 30.8. The van der Waals surface area contributed by atoms with Crippen molar-refractivity contribution in [1.82, 2.24) is 0 Å². The highest BCUT2D eigenvalue weighted by Crippen LogP contribution is 2.15. The third kappa shape index (κ3) is 3.48. The van der Waals surface area contributed by atoms with Gasteiger partial charge in [0.25, 0.3) is 0 Å². The molecule has 0 radical (unpaired) electrons. The summed E-state index contributed by atoms with van der Waals surface area (Å²) in [5.74, 6) is 0.0227. The van der Waals surface area contributed by atoms with Gasteiger partial charge in [0.15, 0.2) is 0 Å². The van der Waals surface area contributed by atoms with Crippen LogP contribution in [0.4, 0.5) is 0 Å². The molecule has 0 aromatic rings. The molecule has 1 rings (SSSR count). The standard InChI is InChI=1S/C12H18O2/c1-2-5-12(14)10-6-3-4-7-11(13)9-8-10/h3-4,6-14H,2,5H2,1H3/b6-3-,7-4?,9-8?/t10-,11+,12?/m0/s1. The molecule has 78 valence electrons. The molecule has 0 aromatic carbocycles. The molecular weight excluding hydrogens is 176 g/mol. The molecule has 1 aliphatic carbocycles. The van der Waals surface area contributed by atoms with Crippen LogP contribution in [0.1, 0.15) is 19.8 Å². The van der Waals surface area contributed by atoms with Gasteiger partial charge in [-0.05, 0) is 6.42 Å². The largest absolute Gasteiger partial charge is 0.392 e. The maximum atomic E-state index is 9.77. The number of hydrogen-bond acceptors (Lipinski definition) is 2. The fourth-order valence-electron chi connectivity index (χ4n) is 1.49. The summed E-state index contributed by atoms with van der Waals surface area (Å²) in [5, 5.41) is 19.1. The van der Waals surface area contributed by atoms with Gasteiger partial charge < -0.3 is 10.2 Å². The molecule has 1 unspecified atom stereocenters. The van der Waals surface area contributed by atoms with Crippen LogP contribution < -0.4 is 0 Å². The van der Waals surface area contributed by atoms with Gasteiger partial charge in [0, 0.05) is 5.92 Å². The summed E-state index contributed by atoms with van der Waals surface area (Å²) in [6.45, 7) is 2.05. The lowest BCUT2D eigenvalue weighted by Crippen LogP contribution is -2.17. The van der Waals surface area contributed by atoms with Gasteiger partial charge in [0.1, 0.15) is 0 Å². The van der Waals surface area contributed by atoms with Gasteiger partial charge >= 0.3 is 0 Å². The van der Waals surface area contributed by atoms with Gasteiger partial charge in [0.05, 0.1) is 12.2 Å². The zero-order valence-corrected chi connectivity index (χ0v) is 8.50. The number of allylic oxidation sites excluding steroid dienone is 2. The third-order valence-electron chi connectivity index (χ3n) is 2.31. The third-order valence-corrected chi connectivity index (χ3v) is 2.31. The summed E-state index contributed by atoms with van der Waals surface area (Å²) in [7, 11) is 0. The minimum absolute atomic E-state index is 0.0227. The van der Waals surface area contributed by atoms with E-state index in [0.717, 1.165) is 12.8 Å². The van der Waals surface area contributed by atoms with E-state index >= 15 is 0 Å². The summed E-state index contributed by atoms with van der Waals surface area (Å²) >= 11 is 0. The molecule has 2 heteroatoms. The van der Waals surface area contributed by atoms with E-state index in [9.17, 15) is 10.2 Å². The van der Waals surface area contributed by atoms with Crippen LogP contribution >= 0.6 is 0 Å². The Kier molecular flexibility index (Phi) is 4.63. The van der Waals surface area contributed by atoms with E-state index in [2.05, 4.69) is 0 Å². The van der Waals surface area contributed by atoms with Crippen molar-refractivity contribution < 1.29 is 10.2 Å². The molecule has 0 heterocycles. The monoisotopic (exact) mass is 194 g/mol. The molecule has 1 aliphatic rings. The minimum Gasteiger partial charge on any atom is -0.392 e. The molecule has 0 amide bonds. The second-order valence-corrected chi connectivity index (χ2v) is 3.58. The fraction of sp³-hybridized carbons (Fsp3) is 0.500. The van der Waals surface area contributed by atoms with Crippen LogP contribution in [0.5, 0.6) is 0 Å². The van der Waals surface area contributed by atoms with Crippen molar-refractivity contribution in [3.8, 4) is 0 Å². The molecule has 0 aliphatic heterocycles. The topological polar surface area (TPSA) is 40.5 Å². The lowest BCUT2D eigenvalue weighted by molar-refractivity contribution is 0.137. The van der Waals surface area contributed by atoms with E-state index in [4.69, 9.17) is 0 Å². The summed E-state index contributed by atoms with van der Waals surface area (Å²) in [4.78, 5) is 0. The molecule has 0 spiro atoms. The van der Waals surface area contributed by atoms with Crippen molar-refractivity contribution >= 4 is 0 Å². The lowest BCUT2D eigenvalue weighted by atomic mass is 9.96. The first-order valence-electron chi connectivity index (χ1n) is 5.13. The molecule has 0 bridgehead atoms. The van der Waals surface area contributed by atoms with Crippen molar-refractivity contribution in [3.63, 3.8) is 0 Å². The molecule has 14 heavy (non-hydrogen) atoms. The number of rotatable bonds is 3. The molecule has 0 aromatic heterocycles. The predicted molar refractivity (Wildman–Crippen MR) is 57.8 cm³/mol. The van der Waals surface area contributed by atoms with Gasteiger partial charge in [-0.3, -0.25) is 0 Å². The van der Waals surface area contributed by atoms with Crippen LogP contribution in [0.3, 0.4) is 0 Å². The highest BCUT2D eigenvalue weighted by molar-refractivity contribution is 5.17. The summed E-state index contributed by atoms with van der Waals surface area (Å²) in [6, 6.07) is 0. The lowest BCUT2D eigenvalue weighted by Gasteiger charge is -2.16. The van der Waals surface area contributed by atoms with Gasteiger partial charge in [-0.1, -0.05) is 49.8 Å². The average molecular weight is 194 g/mol. The number of aliphatic hydroxyl groups is 2. The first kappa shape index (κ1) is 11.2. The Balaban J connectivity index is 2.64. The average Bonchev–Trinajstić information content (AvgIpc) is 2.12. The quantitative estimate of drug-likeness (QED) is 0.673. The first-order valence-corrected chi connectivity index (χ1v) is 5.13. The first-order chi connectivity index (χ1) is 6.74. The predicted octanol–water partition coefficient (Wildman–Crippen LogP) is 1.81. The Labute approximate surface area is 85.3 Å². The molecule has 3 atom stereocenters. The van der Waals surface area contributed by atoms with Crippen LogP contribution in [0.25, 0.3) is 0 Å². The van der Waals surface area contributed by atoms with Gasteiger partial charge in [0.2, 0.25) is 0 Å². The van der Waals surface area contributed by atoms with Crippen LogP contribution in [0.15, 0.2) is 36.5 Å². The maximum Gasteiger partial charge on any atom is 0.0905 e. The molecule has 0 saturated heterocycles. The maximum absolute atomic E-state index is 9.77. The zero-order chi connectivity index (χ0) is 10.4. The van der Waals surface area contributed by atoms with E-state index in [1.807, 2.05) is 25.2 Å². The van der Waals surface area contributed by atoms with E-state index in [-0.39, 0.29) is 12.0 Å². The Morgan fingerprint density at radius 1 is 1.14 bits per heavy atom. The van der Waals surface area contributed by atoms with Crippen LogP contribution in [0, 0.1) is 5.92 Å². The molecular formula is C12H18O2. The van der Waals surface area contributed by atoms with E-state index in [1.54, 1.807) is 18.2 Å². The summed E-state index contributed by atoms with van der Waals surface area (Å²) < 4.78 is 0. The Morgan fingerprint density at radius 3 is 2.57 bits per heavy atom. The van der Waals surface area contributed by atoms with Crippen molar-refractivity contribution in [2.45, 2.75) is 32.0 Å². The number of hydrogen-bond donors (Lipinski definition) is 2. The molecule has 2 N–H and O–H groups in total. The van der Waals surface area contributed by atoms with Crippen LogP contribution in [-0.4, -0.2) is 22.4 Å². The Hall–Kier alpha value is -0.860. The zero-order valence-electron chi connectivity index (χ0n) is 8.50. The Morgan fingerprint density at radius 2 is 1.86 bits per heavy atom. The van der Waals surface area contributed by atoms with Gasteiger partial charge in [-0.25, -0.2) is 0 Å². The molecule has 2 nitrogen and oxygen atoms in total. The Bertz CT molecular complexity index is 241. The van der Waals surface area contributed by atoms with Gasteiger partial charge in [-0.15, -0.1) is 0 Å². The SMILES string of the molecule is CCCC(O)[C@@H]1C=C[C@H](O)C=C/C=C\1. The second kappa shape index (κ2) is 5.78. The smallest absolute Gasteiger partial charge is 0.0905 e. The summed E-state index contributed by atoms with van der Waals surface area (Å²) in [5.41, 5.74) is 0. The second-order valence-electron chi connectivity index (χ2n) is 3.58.